The van der Waals surface area contributed by atoms with E-state index >= 15 is 0 Å². The first-order valence-electron chi connectivity index (χ1n) is 8.25. The smallest absolute Gasteiger partial charge is 0.128 e. The molecular weight excluding hydrogens is 246 g/mol. The lowest BCUT2D eigenvalue weighted by molar-refractivity contribution is -0.0572. The van der Waals surface area contributed by atoms with Crippen LogP contribution in [0.15, 0.2) is 12.3 Å². The number of aromatic nitrogens is 2. The molecular formula is C17H25N3. The zero-order valence-corrected chi connectivity index (χ0v) is 12.2. The number of aryl methyl sites for hydroxylation is 1. The highest BCUT2D eigenvalue weighted by Crippen LogP contribution is 2.61. The fraction of sp³-hybridized carbons (Fsp3) is 0.765. The molecule has 0 atom stereocenters. The van der Waals surface area contributed by atoms with Crippen LogP contribution in [0.2, 0.25) is 0 Å². The molecule has 0 radical (unpaired) electrons. The van der Waals surface area contributed by atoms with Gasteiger partial charge in [0.05, 0.1) is 5.69 Å². The SMILES string of the molecule is NCc1ccnc(CCC23CC4CC(CC(C4)C2)C3)n1. The van der Waals surface area contributed by atoms with Gasteiger partial charge in [-0.05, 0) is 74.2 Å². The summed E-state index contributed by atoms with van der Waals surface area (Å²) in [6, 6.07) is 1.92. The number of hydrogen-bond acceptors (Lipinski definition) is 3. The Kier molecular flexibility index (Phi) is 3.06. The van der Waals surface area contributed by atoms with Crippen LogP contribution < -0.4 is 5.73 Å². The Bertz CT molecular complexity index is 461. The molecule has 1 heterocycles. The fourth-order valence-corrected chi connectivity index (χ4v) is 5.65. The van der Waals surface area contributed by atoms with Gasteiger partial charge in [-0.15, -0.1) is 0 Å². The second-order valence-corrected chi connectivity index (χ2v) is 7.59. The summed E-state index contributed by atoms with van der Waals surface area (Å²) in [7, 11) is 0. The quantitative estimate of drug-likeness (QED) is 0.915. The molecule has 108 valence electrons. The van der Waals surface area contributed by atoms with E-state index in [4.69, 9.17) is 5.73 Å². The van der Waals surface area contributed by atoms with Crippen LogP contribution in [0.4, 0.5) is 0 Å². The van der Waals surface area contributed by atoms with Gasteiger partial charge in [0, 0.05) is 19.2 Å². The highest BCUT2D eigenvalue weighted by Gasteiger charge is 2.50. The largest absolute Gasteiger partial charge is 0.325 e. The molecule has 0 aliphatic heterocycles. The van der Waals surface area contributed by atoms with Crippen molar-refractivity contribution in [2.45, 2.75) is 57.9 Å². The van der Waals surface area contributed by atoms with Gasteiger partial charge in [-0.2, -0.15) is 0 Å². The Balaban J connectivity index is 1.46. The van der Waals surface area contributed by atoms with Gasteiger partial charge < -0.3 is 5.73 Å². The van der Waals surface area contributed by atoms with E-state index in [0.29, 0.717) is 12.0 Å². The Morgan fingerprint density at radius 2 is 1.75 bits per heavy atom. The van der Waals surface area contributed by atoms with Gasteiger partial charge in [-0.3, -0.25) is 0 Å². The molecule has 4 aliphatic rings. The van der Waals surface area contributed by atoms with E-state index in [0.717, 1.165) is 35.7 Å². The van der Waals surface area contributed by atoms with Crippen molar-refractivity contribution in [1.82, 2.24) is 9.97 Å². The number of nitrogens with two attached hydrogens (primary N) is 1. The fourth-order valence-electron chi connectivity index (χ4n) is 5.65. The standard InChI is InChI=1S/C17H25N3/c18-11-15-2-4-19-16(20-15)1-3-17-8-12-5-13(9-17)7-14(6-12)10-17/h2,4,12-14H,1,3,5-11,18H2. The zero-order chi connectivity index (χ0) is 13.6. The summed E-state index contributed by atoms with van der Waals surface area (Å²) in [5, 5.41) is 0. The molecule has 5 rings (SSSR count). The van der Waals surface area contributed by atoms with Gasteiger partial charge in [-0.25, -0.2) is 9.97 Å². The first-order valence-corrected chi connectivity index (χ1v) is 8.25. The van der Waals surface area contributed by atoms with E-state index in [1.165, 1.54) is 44.9 Å². The minimum atomic E-state index is 0.521. The molecule has 20 heavy (non-hydrogen) atoms. The summed E-state index contributed by atoms with van der Waals surface area (Å²) >= 11 is 0. The van der Waals surface area contributed by atoms with E-state index in [-0.39, 0.29) is 0 Å². The van der Waals surface area contributed by atoms with Crippen LogP contribution in [-0.4, -0.2) is 9.97 Å². The van der Waals surface area contributed by atoms with Crippen molar-refractivity contribution >= 4 is 0 Å². The molecule has 1 aromatic rings. The van der Waals surface area contributed by atoms with Crippen molar-refractivity contribution in [2.75, 3.05) is 0 Å². The van der Waals surface area contributed by atoms with E-state index in [1.807, 2.05) is 12.3 Å². The van der Waals surface area contributed by atoms with E-state index in [9.17, 15) is 0 Å². The average Bonchev–Trinajstić information content (AvgIpc) is 2.44. The van der Waals surface area contributed by atoms with Crippen LogP contribution in [-0.2, 0) is 13.0 Å². The lowest BCUT2D eigenvalue weighted by Gasteiger charge is -2.57. The van der Waals surface area contributed by atoms with Crippen molar-refractivity contribution in [3.8, 4) is 0 Å². The van der Waals surface area contributed by atoms with E-state index < -0.39 is 0 Å². The van der Waals surface area contributed by atoms with Crippen LogP contribution in [0.25, 0.3) is 0 Å². The number of nitrogens with zero attached hydrogens (tertiary/aromatic N) is 2. The Morgan fingerprint density at radius 3 is 2.35 bits per heavy atom. The second-order valence-electron chi connectivity index (χ2n) is 7.59. The normalized spacial score (nSPS) is 38.4. The molecule has 0 spiro atoms. The van der Waals surface area contributed by atoms with Gasteiger partial charge in [-0.1, -0.05) is 0 Å². The first kappa shape index (κ1) is 12.8. The summed E-state index contributed by atoms with van der Waals surface area (Å²) in [5.41, 5.74) is 7.28. The summed E-state index contributed by atoms with van der Waals surface area (Å²) in [6.45, 7) is 0.521. The lowest BCUT2D eigenvalue weighted by atomic mass is 9.48. The molecule has 0 aromatic carbocycles. The van der Waals surface area contributed by atoms with Gasteiger partial charge in [0.2, 0.25) is 0 Å². The van der Waals surface area contributed by atoms with E-state index in [1.54, 1.807) is 0 Å². The first-order chi connectivity index (χ1) is 9.75. The number of hydrogen-bond donors (Lipinski definition) is 1. The van der Waals surface area contributed by atoms with Crippen LogP contribution in [0.3, 0.4) is 0 Å². The maximum atomic E-state index is 5.67. The molecule has 3 heteroatoms. The van der Waals surface area contributed by atoms with Crippen LogP contribution in [0.1, 0.15) is 56.5 Å². The Labute approximate surface area is 121 Å². The second kappa shape index (κ2) is 4.80. The van der Waals surface area contributed by atoms with Crippen molar-refractivity contribution in [2.24, 2.45) is 28.9 Å². The highest BCUT2D eigenvalue weighted by atomic mass is 14.9. The summed E-state index contributed by atoms with van der Waals surface area (Å²) in [5.74, 6) is 4.12. The average molecular weight is 271 g/mol. The van der Waals surface area contributed by atoms with Crippen LogP contribution in [0.5, 0.6) is 0 Å². The third-order valence-electron chi connectivity index (χ3n) is 6.02. The molecule has 3 nitrogen and oxygen atoms in total. The zero-order valence-electron chi connectivity index (χ0n) is 12.2. The Hall–Kier alpha value is -0.960. The predicted molar refractivity (Wildman–Crippen MR) is 78.8 cm³/mol. The van der Waals surface area contributed by atoms with Crippen LogP contribution >= 0.6 is 0 Å². The van der Waals surface area contributed by atoms with Crippen molar-refractivity contribution in [3.63, 3.8) is 0 Å². The monoisotopic (exact) mass is 271 g/mol. The van der Waals surface area contributed by atoms with Gasteiger partial charge in [0.1, 0.15) is 5.82 Å². The third-order valence-corrected chi connectivity index (χ3v) is 6.02. The molecule has 4 aliphatic carbocycles. The van der Waals surface area contributed by atoms with Gasteiger partial charge in [0.15, 0.2) is 0 Å². The molecule has 4 bridgehead atoms. The molecule has 4 saturated carbocycles. The van der Waals surface area contributed by atoms with Crippen molar-refractivity contribution < 1.29 is 0 Å². The summed E-state index contributed by atoms with van der Waals surface area (Å²) in [4.78, 5) is 9.01. The lowest BCUT2D eigenvalue weighted by Crippen LogP contribution is -2.46. The molecule has 2 N–H and O–H groups in total. The molecule has 4 fully saturated rings. The molecule has 1 aromatic heterocycles. The summed E-state index contributed by atoms with van der Waals surface area (Å²) < 4.78 is 0. The maximum Gasteiger partial charge on any atom is 0.128 e. The maximum absolute atomic E-state index is 5.67. The summed E-state index contributed by atoms with van der Waals surface area (Å²) in [6.07, 6.45) is 13.2. The van der Waals surface area contributed by atoms with Crippen LogP contribution in [0, 0.1) is 23.2 Å². The minimum absolute atomic E-state index is 0.521. The predicted octanol–water partition coefficient (Wildman–Crippen LogP) is 3.08. The molecule has 0 amide bonds. The van der Waals surface area contributed by atoms with Gasteiger partial charge >= 0.3 is 0 Å². The molecule has 0 unspecified atom stereocenters. The van der Waals surface area contributed by atoms with Crippen molar-refractivity contribution in [3.05, 3.63) is 23.8 Å². The number of rotatable bonds is 4. The third kappa shape index (κ3) is 2.26. The minimum Gasteiger partial charge on any atom is -0.325 e. The van der Waals surface area contributed by atoms with Crippen molar-refractivity contribution in [1.29, 1.82) is 0 Å². The highest BCUT2D eigenvalue weighted by molar-refractivity contribution is 5.05. The topological polar surface area (TPSA) is 51.8 Å². The van der Waals surface area contributed by atoms with E-state index in [2.05, 4.69) is 9.97 Å². The van der Waals surface area contributed by atoms with Gasteiger partial charge in [0.25, 0.3) is 0 Å². The Morgan fingerprint density at radius 1 is 1.10 bits per heavy atom. The molecule has 0 saturated heterocycles.